The van der Waals surface area contributed by atoms with Crippen molar-refractivity contribution in [1.29, 1.82) is 0 Å². The first-order valence-electron chi connectivity index (χ1n) is 8.39. The first-order chi connectivity index (χ1) is 10.7. The zero-order chi connectivity index (χ0) is 15.2. The van der Waals surface area contributed by atoms with Gasteiger partial charge in [0.15, 0.2) is 5.65 Å². The zero-order valence-corrected chi connectivity index (χ0v) is 13.6. The number of aryl methyl sites for hydroxylation is 2. The first-order valence-corrected chi connectivity index (χ1v) is 8.39. The van der Waals surface area contributed by atoms with Gasteiger partial charge in [0.25, 0.3) is 0 Å². The van der Waals surface area contributed by atoms with E-state index in [4.69, 9.17) is 4.98 Å². The number of piperidine rings is 1. The molecule has 4 heterocycles. The van der Waals surface area contributed by atoms with Crippen LogP contribution in [0.15, 0.2) is 12.3 Å². The molecule has 1 N–H and O–H groups in total. The molecule has 2 fully saturated rings. The maximum Gasteiger partial charge on any atom is 0.159 e. The fraction of sp³-hybridized carbons (Fsp3) is 0.647. The van der Waals surface area contributed by atoms with Gasteiger partial charge in [-0.15, -0.1) is 0 Å². The van der Waals surface area contributed by atoms with Crippen molar-refractivity contribution in [2.24, 2.45) is 5.41 Å². The topological polar surface area (TPSA) is 45.5 Å². The van der Waals surface area contributed by atoms with Crippen LogP contribution in [-0.2, 0) is 6.54 Å². The predicted octanol–water partition coefficient (Wildman–Crippen LogP) is 1.92. The van der Waals surface area contributed by atoms with Crippen LogP contribution in [-0.4, -0.2) is 45.7 Å². The van der Waals surface area contributed by atoms with Gasteiger partial charge in [0, 0.05) is 36.6 Å². The predicted molar refractivity (Wildman–Crippen MR) is 86.9 cm³/mol. The Morgan fingerprint density at radius 1 is 1.32 bits per heavy atom. The second-order valence-corrected chi connectivity index (χ2v) is 7.19. The summed E-state index contributed by atoms with van der Waals surface area (Å²) < 4.78 is 1.97. The summed E-state index contributed by atoms with van der Waals surface area (Å²) in [4.78, 5) is 7.32. The molecule has 0 aliphatic carbocycles. The standard InChI is InChI=1S/C17H25N5/c1-13-8-14(2)22-16(20-13)15(9-19-22)10-21-7-3-4-17(12-21)5-6-18-11-17/h8-9,18H,3-7,10-12H2,1-2H3/t17-/m0/s1. The van der Waals surface area contributed by atoms with E-state index in [-0.39, 0.29) is 0 Å². The van der Waals surface area contributed by atoms with Gasteiger partial charge in [0.2, 0.25) is 0 Å². The molecule has 1 spiro atoms. The molecular weight excluding hydrogens is 274 g/mol. The van der Waals surface area contributed by atoms with E-state index in [0.29, 0.717) is 5.41 Å². The van der Waals surface area contributed by atoms with Crippen molar-refractivity contribution in [2.75, 3.05) is 26.2 Å². The maximum absolute atomic E-state index is 4.71. The molecule has 2 aromatic heterocycles. The summed E-state index contributed by atoms with van der Waals surface area (Å²) in [5, 5.41) is 8.08. The highest BCUT2D eigenvalue weighted by Gasteiger charge is 2.37. The summed E-state index contributed by atoms with van der Waals surface area (Å²) in [6.07, 6.45) is 6.02. The van der Waals surface area contributed by atoms with Crippen LogP contribution >= 0.6 is 0 Å². The third-order valence-corrected chi connectivity index (χ3v) is 5.32. The van der Waals surface area contributed by atoms with Crippen LogP contribution in [0, 0.1) is 19.3 Å². The monoisotopic (exact) mass is 299 g/mol. The summed E-state index contributed by atoms with van der Waals surface area (Å²) in [6.45, 7) is 9.91. The van der Waals surface area contributed by atoms with Crippen LogP contribution in [0.1, 0.15) is 36.2 Å². The number of likely N-dealkylation sites (tertiary alicyclic amines) is 1. The summed E-state index contributed by atoms with van der Waals surface area (Å²) in [5.41, 5.74) is 5.03. The van der Waals surface area contributed by atoms with Crippen LogP contribution in [0.3, 0.4) is 0 Å². The van der Waals surface area contributed by atoms with Crippen molar-refractivity contribution in [3.05, 3.63) is 29.2 Å². The molecule has 1 atom stereocenters. The van der Waals surface area contributed by atoms with Gasteiger partial charge in [-0.3, -0.25) is 4.90 Å². The molecule has 0 saturated carbocycles. The van der Waals surface area contributed by atoms with Gasteiger partial charge in [0.05, 0.1) is 6.20 Å². The Kier molecular flexibility index (Phi) is 3.42. The second-order valence-electron chi connectivity index (χ2n) is 7.19. The van der Waals surface area contributed by atoms with Crippen LogP contribution in [0.25, 0.3) is 5.65 Å². The summed E-state index contributed by atoms with van der Waals surface area (Å²) in [6, 6.07) is 2.09. The lowest BCUT2D eigenvalue weighted by Crippen LogP contribution is -2.44. The molecule has 0 aromatic carbocycles. The number of hydrogen-bond acceptors (Lipinski definition) is 4. The van der Waals surface area contributed by atoms with E-state index in [1.165, 1.54) is 51.0 Å². The van der Waals surface area contributed by atoms with Gasteiger partial charge >= 0.3 is 0 Å². The molecule has 2 aliphatic heterocycles. The van der Waals surface area contributed by atoms with E-state index in [0.717, 1.165) is 23.6 Å². The molecule has 0 unspecified atom stereocenters. The van der Waals surface area contributed by atoms with Crippen LogP contribution < -0.4 is 5.32 Å². The second kappa shape index (κ2) is 5.32. The Labute approximate surface area is 131 Å². The lowest BCUT2D eigenvalue weighted by Gasteiger charge is -2.39. The number of nitrogens with zero attached hydrogens (tertiary/aromatic N) is 4. The number of hydrogen-bond donors (Lipinski definition) is 1. The third kappa shape index (κ3) is 2.42. The first kappa shape index (κ1) is 14.2. The smallest absolute Gasteiger partial charge is 0.159 e. The number of fused-ring (bicyclic) bond motifs is 1. The van der Waals surface area contributed by atoms with Gasteiger partial charge in [-0.25, -0.2) is 9.50 Å². The summed E-state index contributed by atoms with van der Waals surface area (Å²) in [7, 11) is 0. The quantitative estimate of drug-likeness (QED) is 0.920. The van der Waals surface area contributed by atoms with Crippen molar-refractivity contribution >= 4 is 5.65 Å². The minimum absolute atomic E-state index is 0.514. The molecular formula is C17H25N5. The van der Waals surface area contributed by atoms with Gasteiger partial charge in [-0.05, 0) is 57.7 Å². The van der Waals surface area contributed by atoms with Gasteiger partial charge in [-0.1, -0.05) is 0 Å². The Morgan fingerprint density at radius 2 is 2.23 bits per heavy atom. The molecule has 118 valence electrons. The minimum atomic E-state index is 0.514. The Balaban J connectivity index is 1.58. The molecule has 4 rings (SSSR count). The average Bonchev–Trinajstić information content (AvgIpc) is 3.08. The average molecular weight is 299 g/mol. The molecule has 0 radical (unpaired) electrons. The Bertz CT molecular complexity index is 684. The van der Waals surface area contributed by atoms with E-state index in [1.807, 2.05) is 10.7 Å². The van der Waals surface area contributed by atoms with Crippen molar-refractivity contribution in [1.82, 2.24) is 24.8 Å². The molecule has 5 nitrogen and oxygen atoms in total. The highest BCUT2D eigenvalue weighted by atomic mass is 15.3. The fourth-order valence-electron chi connectivity index (χ4n) is 4.26. The number of nitrogens with one attached hydrogen (secondary N) is 1. The van der Waals surface area contributed by atoms with Crippen LogP contribution in [0.4, 0.5) is 0 Å². The maximum atomic E-state index is 4.71. The van der Waals surface area contributed by atoms with Crippen LogP contribution in [0.2, 0.25) is 0 Å². The van der Waals surface area contributed by atoms with Gasteiger partial charge in [0.1, 0.15) is 0 Å². The number of aromatic nitrogens is 3. The van der Waals surface area contributed by atoms with Crippen molar-refractivity contribution < 1.29 is 0 Å². The minimum Gasteiger partial charge on any atom is -0.316 e. The summed E-state index contributed by atoms with van der Waals surface area (Å²) in [5.74, 6) is 0. The fourth-order valence-corrected chi connectivity index (χ4v) is 4.26. The molecule has 22 heavy (non-hydrogen) atoms. The molecule has 0 amide bonds. The van der Waals surface area contributed by atoms with E-state index in [9.17, 15) is 0 Å². The molecule has 2 aromatic rings. The lowest BCUT2D eigenvalue weighted by atomic mass is 9.79. The van der Waals surface area contributed by atoms with E-state index < -0.39 is 0 Å². The Hall–Kier alpha value is -1.46. The van der Waals surface area contributed by atoms with E-state index in [1.54, 1.807) is 0 Å². The molecule has 0 bridgehead atoms. The van der Waals surface area contributed by atoms with E-state index >= 15 is 0 Å². The zero-order valence-electron chi connectivity index (χ0n) is 13.6. The SMILES string of the molecule is Cc1cc(C)n2ncc(CN3CCC[C@@]4(CCNC4)C3)c2n1. The normalized spacial score (nSPS) is 26.3. The Morgan fingerprint density at radius 3 is 3.05 bits per heavy atom. The molecule has 2 saturated heterocycles. The largest absolute Gasteiger partial charge is 0.316 e. The highest BCUT2D eigenvalue weighted by molar-refractivity contribution is 5.47. The number of rotatable bonds is 2. The lowest BCUT2D eigenvalue weighted by molar-refractivity contribution is 0.0981. The third-order valence-electron chi connectivity index (χ3n) is 5.32. The summed E-state index contributed by atoms with van der Waals surface area (Å²) >= 11 is 0. The highest BCUT2D eigenvalue weighted by Crippen LogP contribution is 2.36. The van der Waals surface area contributed by atoms with Crippen LogP contribution in [0.5, 0.6) is 0 Å². The molecule has 5 heteroatoms. The van der Waals surface area contributed by atoms with Gasteiger partial charge < -0.3 is 5.32 Å². The van der Waals surface area contributed by atoms with Gasteiger partial charge in [-0.2, -0.15) is 5.10 Å². The van der Waals surface area contributed by atoms with Crippen molar-refractivity contribution in [2.45, 2.75) is 39.7 Å². The molecule has 2 aliphatic rings. The van der Waals surface area contributed by atoms with Crippen molar-refractivity contribution in [3.63, 3.8) is 0 Å². The van der Waals surface area contributed by atoms with Crippen molar-refractivity contribution in [3.8, 4) is 0 Å². The van der Waals surface area contributed by atoms with E-state index in [2.05, 4.69) is 35.2 Å².